The van der Waals surface area contributed by atoms with Gasteiger partial charge in [-0.15, -0.1) is 0 Å². The number of hydrogen-bond acceptors (Lipinski definition) is 6. The summed E-state index contributed by atoms with van der Waals surface area (Å²) in [5.41, 5.74) is 1.96. The van der Waals surface area contributed by atoms with Gasteiger partial charge in [-0.1, -0.05) is 50.2 Å². The average molecular weight is 501 g/mol. The number of carbonyl (C=O) groups is 2. The van der Waals surface area contributed by atoms with Crippen LogP contribution in [0, 0.1) is 5.92 Å². The lowest BCUT2D eigenvalue weighted by atomic mass is 9.95. The van der Waals surface area contributed by atoms with Crippen LogP contribution in [-0.2, 0) is 16.1 Å². The van der Waals surface area contributed by atoms with E-state index in [2.05, 4.69) is 18.8 Å². The molecule has 4 rings (SSSR count). The van der Waals surface area contributed by atoms with Gasteiger partial charge in [0.05, 0.1) is 24.8 Å². The highest BCUT2D eigenvalue weighted by Crippen LogP contribution is 2.42. The Morgan fingerprint density at radius 3 is 2.41 bits per heavy atom. The van der Waals surface area contributed by atoms with Crippen molar-refractivity contribution in [3.63, 3.8) is 0 Å². The molecule has 7 nitrogen and oxygen atoms in total. The standard InChI is InChI=1S/C30H32N2O5/c1-4-36-25-18-23(10-11-24(25)37-17-14-20(2)3)27-26(28(33)22-12-15-31-16-13-22)29(34)30(35)32(27)19-21-8-6-5-7-9-21/h5-13,15-16,18,20,27,33H,4,14,17,19H2,1-3H3/b28-26+. The summed E-state index contributed by atoms with van der Waals surface area (Å²) in [5.74, 6) is -0.0132. The van der Waals surface area contributed by atoms with E-state index in [0.29, 0.717) is 41.8 Å². The maximum absolute atomic E-state index is 13.3. The first kappa shape index (κ1) is 25.9. The van der Waals surface area contributed by atoms with Crippen molar-refractivity contribution in [2.45, 2.75) is 39.8 Å². The highest BCUT2D eigenvalue weighted by Gasteiger charge is 2.46. The highest BCUT2D eigenvalue weighted by molar-refractivity contribution is 6.46. The van der Waals surface area contributed by atoms with Crippen molar-refractivity contribution in [3.8, 4) is 11.5 Å². The molecule has 1 aromatic heterocycles. The number of carbonyl (C=O) groups excluding carboxylic acids is 2. The molecule has 1 N–H and O–H groups in total. The number of aliphatic hydroxyl groups excluding tert-OH is 1. The van der Waals surface area contributed by atoms with Gasteiger partial charge in [0, 0.05) is 24.5 Å². The van der Waals surface area contributed by atoms with E-state index in [9.17, 15) is 14.7 Å². The molecule has 0 radical (unpaired) electrons. The Bertz CT molecular complexity index is 1270. The number of aliphatic hydroxyl groups is 1. The lowest BCUT2D eigenvalue weighted by Crippen LogP contribution is -2.29. The maximum Gasteiger partial charge on any atom is 0.295 e. The summed E-state index contributed by atoms with van der Waals surface area (Å²) in [7, 11) is 0. The topological polar surface area (TPSA) is 89.0 Å². The first-order valence-corrected chi connectivity index (χ1v) is 12.5. The number of likely N-dealkylation sites (tertiary alicyclic amines) is 1. The van der Waals surface area contributed by atoms with Gasteiger partial charge in [-0.05, 0) is 54.7 Å². The number of hydrogen-bond donors (Lipinski definition) is 1. The second kappa shape index (κ2) is 11.7. The summed E-state index contributed by atoms with van der Waals surface area (Å²) in [6.45, 7) is 7.33. The van der Waals surface area contributed by atoms with Crippen molar-refractivity contribution in [3.05, 3.63) is 95.3 Å². The molecule has 0 spiro atoms. The molecule has 0 saturated carbocycles. The van der Waals surface area contributed by atoms with Crippen LogP contribution in [0.25, 0.3) is 5.76 Å². The zero-order valence-corrected chi connectivity index (χ0v) is 21.4. The number of aromatic nitrogens is 1. The van der Waals surface area contributed by atoms with Crippen LogP contribution >= 0.6 is 0 Å². The number of nitrogens with zero attached hydrogens (tertiary/aromatic N) is 2. The normalized spacial score (nSPS) is 16.9. The minimum absolute atomic E-state index is 0.0306. The first-order chi connectivity index (χ1) is 17.9. The smallest absolute Gasteiger partial charge is 0.295 e. The third-order valence-electron chi connectivity index (χ3n) is 6.23. The first-order valence-electron chi connectivity index (χ1n) is 12.5. The van der Waals surface area contributed by atoms with Crippen LogP contribution in [-0.4, -0.2) is 39.9 Å². The minimum atomic E-state index is -0.808. The summed E-state index contributed by atoms with van der Waals surface area (Å²) < 4.78 is 11.9. The summed E-state index contributed by atoms with van der Waals surface area (Å²) in [6.07, 6.45) is 3.96. The molecule has 192 valence electrons. The van der Waals surface area contributed by atoms with Crippen LogP contribution < -0.4 is 9.47 Å². The van der Waals surface area contributed by atoms with Gasteiger partial charge in [-0.25, -0.2) is 0 Å². The van der Waals surface area contributed by atoms with Gasteiger partial charge in [-0.2, -0.15) is 0 Å². The fourth-order valence-corrected chi connectivity index (χ4v) is 4.32. The Morgan fingerprint density at radius 1 is 1.00 bits per heavy atom. The number of ether oxygens (including phenoxy) is 2. The Labute approximate surface area is 217 Å². The molecule has 0 aliphatic carbocycles. The number of benzene rings is 2. The molecule has 1 aliphatic heterocycles. The third kappa shape index (κ3) is 5.82. The van der Waals surface area contributed by atoms with Gasteiger partial charge < -0.3 is 19.5 Å². The fourth-order valence-electron chi connectivity index (χ4n) is 4.32. The van der Waals surface area contributed by atoms with Crippen molar-refractivity contribution in [2.24, 2.45) is 5.92 Å². The number of pyridine rings is 1. The molecule has 7 heteroatoms. The van der Waals surface area contributed by atoms with Gasteiger partial charge in [-0.3, -0.25) is 14.6 Å². The quantitative estimate of drug-likeness (QED) is 0.224. The molecule has 37 heavy (non-hydrogen) atoms. The predicted octanol–water partition coefficient (Wildman–Crippen LogP) is 5.53. The van der Waals surface area contributed by atoms with E-state index in [4.69, 9.17) is 9.47 Å². The zero-order valence-electron chi connectivity index (χ0n) is 21.4. The SMILES string of the molecule is CCOc1cc(C2/C(=C(\O)c3ccncc3)C(=O)C(=O)N2Cc2ccccc2)ccc1OCCC(C)C. The largest absolute Gasteiger partial charge is 0.507 e. The van der Waals surface area contributed by atoms with Gasteiger partial charge in [0.25, 0.3) is 11.7 Å². The summed E-state index contributed by atoms with van der Waals surface area (Å²) >= 11 is 0. The van der Waals surface area contributed by atoms with Gasteiger partial charge in [0.15, 0.2) is 11.5 Å². The van der Waals surface area contributed by atoms with E-state index < -0.39 is 17.7 Å². The second-order valence-corrected chi connectivity index (χ2v) is 9.32. The summed E-state index contributed by atoms with van der Waals surface area (Å²) in [4.78, 5) is 32.1. The van der Waals surface area contributed by atoms with Crippen LogP contribution in [0.1, 0.15) is 49.9 Å². The molecule has 3 aromatic rings. The molecular formula is C30H32N2O5. The Balaban J connectivity index is 1.81. The molecule has 1 atom stereocenters. The molecular weight excluding hydrogens is 468 g/mol. The van der Waals surface area contributed by atoms with Crippen molar-refractivity contribution >= 4 is 17.4 Å². The van der Waals surface area contributed by atoms with Crippen molar-refractivity contribution in [1.82, 2.24) is 9.88 Å². The van der Waals surface area contributed by atoms with Crippen LogP contribution in [0.3, 0.4) is 0 Å². The van der Waals surface area contributed by atoms with E-state index in [1.807, 2.05) is 43.3 Å². The van der Waals surface area contributed by atoms with E-state index in [1.54, 1.807) is 24.3 Å². The number of amides is 1. The Kier molecular flexibility index (Phi) is 8.23. The molecule has 2 aromatic carbocycles. The van der Waals surface area contributed by atoms with E-state index in [-0.39, 0.29) is 17.9 Å². The van der Waals surface area contributed by atoms with E-state index in [0.717, 1.165) is 12.0 Å². The predicted molar refractivity (Wildman–Crippen MR) is 141 cm³/mol. The maximum atomic E-state index is 13.3. The third-order valence-corrected chi connectivity index (χ3v) is 6.23. The van der Waals surface area contributed by atoms with Gasteiger partial charge >= 0.3 is 0 Å². The molecule has 1 fully saturated rings. The van der Waals surface area contributed by atoms with Crippen LogP contribution in [0.4, 0.5) is 0 Å². The molecule has 1 saturated heterocycles. The van der Waals surface area contributed by atoms with Crippen LogP contribution in [0.15, 0.2) is 78.6 Å². The van der Waals surface area contributed by atoms with Gasteiger partial charge in [0.2, 0.25) is 0 Å². The van der Waals surface area contributed by atoms with Crippen LogP contribution in [0.5, 0.6) is 11.5 Å². The number of ketones is 1. The summed E-state index contributed by atoms with van der Waals surface area (Å²) in [5, 5.41) is 11.2. The number of Topliss-reactive ketones (excluding diaryl/α,β-unsaturated/α-hetero) is 1. The second-order valence-electron chi connectivity index (χ2n) is 9.32. The Hall–Kier alpha value is -4.13. The molecule has 1 aliphatic rings. The molecule has 1 unspecified atom stereocenters. The van der Waals surface area contributed by atoms with Crippen molar-refractivity contribution in [2.75, 3.05) is 13.2 Å². The van der Waals surface area contributed by atoms with E-state index >= 15 is 0 Å². The lowest BCUT2D eigenvalue weighted by molar-refractivity contribution is -0.140. The van der Waals surface area contributed by atoms with Crippen molar-refractivity contribution < 1.29 is 24.2 Å². The van der Waals surface area contributed by atoms with Gasteiger partial charge in [0.1, 0.15) is 5.76 Å². The lowest BCUT2D eigenvalue weighted by Gasteiger charge is -2.26. The summed E-state index contributed by atoms with van der Waals surface area (Å²) in [6, 6.07) is 17.3. The van der Waals surface area contributed by atoms with Crippen molar-refractivity contribution in [1.29, 1.82) is 0 Å². The molecule has 2 heterocycles. The Morgan fingerprint density at radius 2 is 1.73 bits per heavy atom. The fraction of sp³-hybridized carbons (Fsp3) is 0.300. The monoisotopic (exact) mass is 500 g/mol. The minimum Gasteiger partial charge on any atom is -0.507 e. The molecule has 1 amide bonds. The van der Waals surface area contributed by atoms with Crippen LogP contribution in [0.2, 0.25) is 0 Å². The van der Waals surface area contributed by atoms with E-state index in [1.165, 1.54) is 17.3 Å². The average Bonchev–Trinajstić information content (AvgIpc) is 3.15. The number of rotatable bonds is 10. The highest BCUT2D eigenvalue weighted by atomic mass is 16.5. The zero-order chi connectivity index (χ0) is 26.4. The molecule has 0 bridgehead atoms.